The smallest absolute Gasteiger partial charge is 0.322 e. The first-order valence-electron chi connectivity index (χ1n) is 9.74. The Morgan fingerprint density at radius 1 is 1.28 bits per heavy atom. The molecule has 0 saturated carbocycles. The molecule has 0 unspecified atom stereocenters. The van der Waals surface area contributed by atoms with E-state index in [0.717, 1.165) is 23.5 Å². The van der Waals surface area contributed by atoms with Crippen LogP contribution in [0.5, 0.6) is 0 Å². The molecule has 29 heavy (non-hydrogen) atoms. The fourth-order valence-corrected chi connectivity index (χ4v) is 4.84. The van der Waals surface area contributed by atoms with Gasteiger partial charge in [0.2, 0.25) is 0 Å². The van der Waals surface area contributed by atoms with Gasteiger partial charge in [0.05, 0.1) is 12.6 Å². The minimum absolute atomic E-state index is 0.0269. The van der Waals surface area contributed by atoms with E-state index in [1.54, 1.807) is 18.3 Å². The van der Waals surface area contributed by atoms with E-state index in [9.17, 15) is 14.4 Å². The van der Waals surface area contributed by atoms with Crippen molar-refractivity contribution in [2.24, 2.45) is 0 Å². The Hall–Kier alpha value is -2.71. The molecule has 2 N–H and O–H groups in total. The van der Waals surface area contributed by atoms with E-state index in [2.05, 4.69) is 39.2 Å². The molecule has 7 nitrogen and oxygen atoms in total. The third kappa shape index (κ3) is 3.54. The number of nitrogens with one attached hydrogen (secondary N) is 2. The lowest BCUT2D eigenvalue weighted by Crippen LogP contribution is -2.52. The third-order valence-corrected chi connectivity index (χ3v) is 6.73. The molecule has 4 rings (SSSR count). The fraction of sp³-hybridized carbons (Fsp3) is 0.381. The van der Waals surface area contributed by atoms with Crippen LogP contribution in [0.1, 0.15) is 42.3 Å². The number of amides is 4. The zero-order valence-electron chi connectivity index (χ0n) is 16.5. The van der Waals surface area contributed by atoms with Gasteiger partial charge in [0.1, 0.15) is 5.54 Å². The highest BCUT2D eigenvalue weighted by molar-refractivity contribution is 7.10. The van der Waals surface area contributed by atoms with Crippen molar-refractivity contribution in [3.63, 3.8) is 0 Å². The number of urea groups is 1. The quantitative estimate of drug-likeness (QED) is 0.739. The monoisotopic (exact) mass is 412 g/mol. The summed E-state index contributed by atoms with van der Waals surface area (Å²) in [6.45, 7) is 4.30. The van der Waals surface area contributed by atoms with Crippen LogP contribution in [0.25, 0.3) is 0 Å². The van der Waals surface area contributed by atoms with E-state index in [0.29, 0.717) is 6.42 Å². The number of thiophene rings is 1. The van der Waals surface area contributed by atoms with Gasteiger partial charge < -0.3 is 5.32 Å². The molecule has 0 radical (unpaired) electrons. The maximum Gasteiger partial charge on any atom is 0.344 e. The second-order valence-corrected chi connectivity index (χ2v) is 8.62. The zero-order valence-corrected chi connectivity index (χ0v) is 17.3. The van der Waals surface area contributed by atoms with Gasteiger partial charge in [-0.25, -0.2) is 4.79 Å². The van der Waals surface area contributed by atoms with Gasteiger partial charge in [-0.1, -0.05) is 37.3 Å². The van der Waals surface area contributed by atoms with Crippen LogP contribution in [0.2, 0.25) is 0 Å². The zero-order chi connectivity index (χ0) is 20.6. The minimum Gasteiger partial charge on any atom is -0.322 e. The SMILES string of the molecule is CC[C@@]1(C)NC(=O)N(NC(=O)CN2CCc3sccc3[C@H]2c2ccccc2)C1=O. The summed E-state index contributed by atoms with van der Waals surface area (Å²) in [5.74, 6) is -0.815. The lowest BCUT2D eigenvalue weighted by molar-refractivity contribution is -0.139. The Morgan fingerprint density at radius 2 is 2.03 bits per heavy atom. The molecule has 1 aromatic heterocycles. The van der Waals surface area contributed by atoms with Gasteiger partial charge in [0, 0.05) is 11.4 Å². The predicted molar refractivity (Wildman–Crippen MR) is 110 cm³/mol. The van der Waals surface area contributed by atoms with Crippen molar-refractivity contribution >= 4 is 29.2 Å². The number of nitrogens with zero attached hydrogens (tertiary/aromatic N) is 2. The number of hydrogen-bond donors (Lipinski definition) is 2. The van der Waals surface area contributed by atoms with Gasteiger partial charge in [-0.15, -0.1) is 11.3 Å². The molecular weight excluding hydrogens is 388 g/mol. The molecule has 0 spiro atoms. The van der Waals surface area contributed by atoms with Crippen molar-refractivity contribution in [2.45, 2.75) is 38.3 Å². The van der Waals surface area contributed by atoms with Crippen molar-refractivity contribution in [1.82, 2.24) is 20.7 Å². The maximum absolute atomic E-state index is 12.8. The van der Waals surface area contributed by atoms with Crippen LogP contribution < -0.4 is 10.7 Å². The number of carbonyl (C=O) groups is 3. The topological polar surface area (TPSA) is 81.8 Å². The van der Waals surface area contributed by atoms with Crippen LogP contribution in [0, 0.1) is 0 Å². The van der Waals surface area contributed by atoms with Crippen LogP contribution in [-0.2, 0) is 16.0 Å². The molecule has 152 valence electrons. The lowest BCUT2D eigenvalue weighted by atomic mass is 9.93. The van der Waals surface area contributed by atoms with E-state index in [1.165, 1.54) is 10.4 Å². The molecule has 3 heterocycles. The highest BCUT2D eigenvalue weighted by Crippen LogP contribution is 2.37. The molecule has 1 aromatic carbocycles. The number of hydrogen-bond acceptors (Lipinski definition) is 5. The van der Waals surface area contributed by atoms with E-state index in [1.807, 2.05) is 25.1 Å². The first-order chi connectivity index (χ1) is 13.9. The van der Waals surface area contributed by atoms with Crippen LogP contribution in [0.4, 0.5) is 4.79 Å². The molecule has 1 fully saturated rings. The molecule has 0 aliphatic carbocycles. The number of imide groups is 1. The van der Waals surface area contributed by atoms with Crippen molar-refractivity contribution in [3.8, 4) is 0 Å². The molecule has 2 aliphatic heterocycles. The fourth-order valence-electron chi connectivity index (χ4n) is 3.93. The number of rotatable bonds is 5. The first-order valence-corrected chi connectivity index (χ1v) is 10.6. The van der Waals surface area contributed by atoms with E-state index >= 15 is 0 Å². The van der Waals surface area contributed by atoms with E-state index in [-0.39, 0.29) is 18.5 Å². The van der Waals surface area contributed by atoms with Crippen molar-refractivity contribution in [3.05, 3.63) is 57.8 Å². The summed E-state index contributed by atoms with van der Waals surface area (Å²) >= 11 is 1.74. The third-order valence-electron chi connectivity index (χ3n) is 5.73. The maximum atomic E-state index is 12.8. The van der Waals surface area contributed by atoms with E-state index in [4.69, 9.17) is 0 Å². The Bertz CT molecular complexity index is 944. The first kappa shape index (κ1) is 19.6. The van der Waals surface area contributed by atoms with Crippen LogP contribution in [0.15, 0.2) is 41.8 Å². The normalized spacial score (nSPS) is 24.3. The van der Waals surface area contributed by atoms with Crippen molar-refractivity contribution < 1.29 is 14.4 Å². The Kier molecular flexibility index (Phi) is 5.14. The summed E-state index contributed by atoms with van der Waals surface area (Å²) < 4.78 is 0. The minimum atomic E-state index is -0.979. The summed E-state index contributed by atoms with van der Waals surface area (Å²) in [6, 6.07) is 11.6. The Morgan fingerprint density at radius 3 is 2.72 bits per heavy atom. The number of carbonyl (C=O) groups excluding carboxylic acids is 3. The van der Waals surface area contributed by atoms with Crippen molar-refractivity contribution in [2.75, 3.05) is 13.1 Å². The van der Waals surface area contributed by atoms with Crippen LogP contribution in [0.3, 0.4) is 0 Å². The summed E-state index contributed by atoms with van der Waals surface area (Å²) in [5, 5.41) is 5.54. The summed E-state index contributed by atoms with van der Waals surface area (Å²) in [5.41, 5.74) is 3.86. The summed E-state index contributed by atoms with van der Waals surface area (Å²) in [6.07, 6.45) is 1.33. The molecule has 2 aliphatic rings. The van der Waals surface area contributed by atoms with E-state index < -0.39 is 17.5 Å². The molecule has 0 bridgehead atoms. The summed E-state index contributed by atoms with van der Waals surface area (Å²) in [4.78, 5) is 40.9. The predicted octanol–water partition coefficient (Wildman–Crippen LogP) is 2.45. The largest absolute Gasteiger partial charge is 0.344 e. The molecule has 1 saturated heterocycles. The molecule has 4 amide bonds. The standard InChI is InChI=1S/C21H24N4O3S/c1-3-21(2)19(27)25(20(28)22-21)23-17(26)13-24-11-9-16-15(10-12-29-16)18(24)14-7-5-4-6-8-14/h4-8,10,12,18H,3,9,11,13H2,1-2H3,(H,22,28)(H,23,26)/t18-,21-/m1/s1. The lowest BCUT2D eigenvalue weighted by Gasteiger charge is -2.36. The molecule has 2 aromatic rings. The average Bonchev–Trinajstić information content (AvgIpc) is 3.27. The highest BCUT2D eigenvalue weighted by Gasteiger charge is 2.47. The number of fused-ring (bicyclic) bond motifs is 1. The van der Waals surface area contributed by atoms with Gasteiger partial charge in [-0.2, -0.15) is 5.01 Å². The van der Waals surface area contributed by atoms with Gasteiger partial charge in [-0.3, -0.25) is 19.9 Å². The second kappa shape index (κ2) is 7.61. The van der Waals surface area contributed by atoms with Crippen molar-refractivity contribution in [1.29, 1.82) is 0 Å². The number of benzene rings is 1. The number of hydrazine groups is 1. The van der Waals surface area contributed by atoms with Gasteiger partial charge >= 0.3 is 6.03 Å². The van der Waals surface area contributed by atoms with Gasteiger partial charge in [0.25, 0.3) is 11.8 Å². The van der Waals surface area contributed by atoms with Gasteiger partial charge in [0.15, 0.2) is 0 Å². The Labute approximate surface area is 173 Å². The van der Waals surface area contributed by atoms with Crippen LogP contribution >= 0.6 is 11.3 Å². The molecular formula is C21H24N4O3S. The molecule has 2 atom stereocenters. The second-order valence-electron chi connectivity index (χ2n) is 7.62. The summed E-state index contributed by atoms with van der Waals surface area (Å²) in [7, 11) is 0. The van der Waals surface area contributed by atoms with Gasteiger partial charge in [-0.05, 0) is 42.3 Å². The highest BCUT2D eigenvalue weighted by atomic mass is 32.1. The Balaban J connectivity index is 1.52. The van der Waals surface area contributed by atoms with Crippen LogP contribution in [-0.4, -0.2) is 46.4 Å². The molecule has 8 heteroatoms. The average molecular weight is 413 g/mol.